The van der Waals surface area contributed by atoms with E-state index >= 15 is 0 Å². The first-order valence-corrected chi connectivity index (χ1v) is 5.68. The number of nitrogens with zero attached hydrogens (tertiary/aromatic N) is 1. The molecule has 0 fully saturated rings. The smallest absolute Gasteiger partial charge is 0.268 e. The van der Waals surface area contributed by atoms with E-state index in [9.17, 15) is 4.79 Å². The van der Waals surface area contributed by atoms with Crippen molar-refractivity contribution in [2.75, 3.05) is 5.32 Å². The van der Waals surface area contributed by atoms with Gasteiger partial charge in [0.1, 0.15) is 11.1 Å². The van der Waals surface area contributed by atoms with Gasteiger partial charge in [0, 0.05) is 9.64 Å². The Hall–Kier alpha value is -0.890. The number of carbonyl (C=O) groups excluding carboxylic acids is 1. The number of rotatable bonds is 2. The minimum absolute atomic E-state index is 0.154. The van der Waals surface area contributed by atoms with Crippen LogP contribution >= 0.6 is 33.9 Å². The zero-order chi connectivity index (χ0) is 9.97. The minimum atomic E-state index is -0.154. The molecule has 6 heteroatoms. The molecule has 0 aromatic carbocycles. The molecular weight excluding hydrogens is 315 g/mol. The average Bonchev–Trinajstić information content (AvgIpc) is 2.75. The van der Waals surface area contributed by atoms with E-state index < -0.39 is 0 Å². The van der Waals surface area contributed by atoms with Crippen LogP contribution in [0.5, 0.6) is 0 Å². The predicted molar refractivity (Wildman–Crippen MR) is 61.5 cm³/mol. The summed E-state index contributed by atoms with van der Waals surface area (Å²) in [6.45, 7) is 0. The zero-order valence-corrected chi connectivity index (χ0v) is 9.83. The van der Waals surface area contributed by atoms with Gasteiger partial charge in [-0.2, -0.15) is 0 Å². The van der Waals surface area contributed by atoms with Gasteiger partial charge in [0.05, 0.1) is 0 Å². The molecule has 0 spiro atoms. The SMILES string of the molecule is O=C(Nc1ccon1)c1sccc1I. The topological polar surface area (TPSA) is 55.1 Å². The Kier molecular flexibility index (Phi) is 2.82. The van der Waals surface area contributed by atoms with E-state index in [-0.39, 0.29) is 5.91 Å². The lowest BCUT2D eigenvalue weighted by molar-refractivity contribution is 0.102. The highest BCUT2D eigenvalue weighted by Crippen LogP contribution is 2.19. The number of aromatic nitrogens is 1. The molecule has 0 radical (unpaired) electrons. The summed E-state index contributed by atoms with van der Waals surface area (Å²) in [5.41, 5.74) is 0. The van der Waals surface area contributed by atoms with E-state index in [1.807, 2.05) is 11.4 Å². The predicted octanol–water partition coefficient (Wildman–Crippen LogP) is 2.59. The van der Waals surface area contributed by atoms with Crippen LogP contribution in [0.4, 0.5) is 5.82 Å². The van der Waals surface area contributed by atoms with Crippen LogP contribution in [-0.4, -0.2) is 11.1 Å². The van der Waals surface area contributed by atoms with Gasteiger partial charge in [-0.1, -0.05) is 5.16 Å². The largest absolute Gasteiger partial charge is 0.363 e. The molecule has 0 saturated heterocycles. The molecule has 0 aliphatic carbocycles. The molecule has 4 nitrogen and oxygen atoms in total. The lowest BCUT2D eigenvalue weighted by Gasteiger charge is -1.97. The van der Waals surface area contributed by atoms with Crippen LogP contribution < -0.4 is 5.32 Å². The second kappa shape index (κ2) is 4.09. The van der Waals surface area contributed by atoms with Crippen molar-refractivity contribution in [2.24, 2.45) is 0 Å². The molecule has 0 aliphatic heterocycles. The maximum absolute atomic E-state index is 11.6. The summed E-state index contributed by atoms with van der Waals surface area (Å²) in [4.78, 5) is 12.3. The number of hydrogen-bond acceptors (Lipinski definition) is 4. The van der Waals surface area contributed by atoms with Crippen LogP contribution in [0.2, 0.25) is 0 Å². The Morgan fingerprint density at radius 3 is 3.00 bits per heavy atom. The summed E-state index contributed by atoms with van der Waals surface area (Å²) < 4.78 is 5.54. The lowest BCUT2D eigenvalue weighted by atomic mass is 10.4. The summed E-state index contributed by atoms with van der Waals surface area (Å²) in [5.74, 6) is 0.275. The van der Waals surface area contributed by atoms with Crippen molar-refractivity contribution in [3.8, 4) is 0 Å². The van der Waals surface area contributed by atoms with Crippen LogP contribution in [0.3, 0.4) is 0 Å². The summed E-state index contributed by atoms with van der Waals surface area (Å²) in [6, 6.07) is 3.49. The Bertz CT molecular complexity index is 438. The number of thiophene rings is 1. The molecule has 2 aromatic heterocycles. The summed E-state index contributed by atoms with van der Waals surface area (Å²) in [5, 5.41) is 8.09. The quantitative estimate of drug-likeness (QED) is 0.866. The van der Waals surface area contributed by atoms with Crippen molar-refractivity contribution in [3.05, 3.63) is 32.2 Å². The van der Waals surface area contributed by atoms with E-state index in [1.54, 1.807) is 6.07 Å². The van der Waals surface area contributed by atoms with Gasteiger partial charge in [0.15, 0.2) is 5.82 Å². The third-order valence-corrected chi connectivity index (χ3v) is 3.68. The lowest BCUT2D eigenvalue weighted by Crippen LogP contribution is -2.11. The monoisotopic (exact) mass is 320 g/mol. The second-order valence-corrected chi connectivity index (χ2v) is 4.51. The fourth-order valence-corrected chi connectivity index (χ4v) is 2.63. The number of amides is 1. The molecule has 0 atom stereocenters. The first-order chi connectivity index (χ1) is 6.77. The van der Waals surface area contributed by atoms with Gasteiger partial charge >= 0.3 is 0 Å². The molecule has 2 rings (SSSR count). The molecule has 0 aliphatic rings. The molecule has 2 aromatic rings. The van der Waals surface area contributed by atoms with Gasteiger partial charge in [-0.15, -0.1) is 11.3 Å². The van der Waals surface area contributed by atoms with Crippen molar-refractivity contribution in [2.45, 2.75) is 0 Å². The van der Waals surface area contributed by atoms with Gasteiger partial charge in [0.25, 0.3) is 5.91 Å². The van der Waals surface area contributed by atoms with Crippen LogP contribution in [0.15, 0.2) is 28.3 Å². The molecule has 1 N–H and O–H groups in total. The molecule has 1 amide bonds. The first kappa shape index (κ1) is 9.66. The van der Waals surface area contributed by atoms with Gasteiger partial charge in [-0.3, -0.25) is 4.79 Å². The van der Waals surface area contributed by atoms with Crippen molar-refractivity contribution in [1.82, 2.24) is 5.16 Å². The molecule has 0 saturated carbocycles. The summed E-state index contributed by atoms with van der Waals surface area (Å²) >= 11 is 3.52. The number of carbonyl (C=O) groups is 1. The minimum Gasteiger partial charge on any atom is -0.363 e. The van der Waals surface area contributed by atoms with E-state index in [1.165, 1.54) is 17.6 Å². The van der Waals surface area contributed by atoms with Crippen molar-refractivity contribution in [1.29, 1.82) is 0 Å². The maximum Gasteiger partial charge on any atom is 0.268 e. The standard InChI is InChI=1S/C8H5IN2O2S/c9-5-2-4-14-7(5)8(12)10-6-1-3-13-11-6/h1-4H,(H,10,11,12). The van der Waals surface area contributed by atoms with Crippen LogP contribution in [-0.2, 0) is 0 Å². The van der Waals surface area contributed by atoms with Crippen molar-refractivity contribution in [3.63, 3.8) is 0 Å². The van der Waals surface area contributed by atoms with E-state index in [0.29, 0.717) is 10.7 Å². The summed E-state index contributed by atoms with van der Waals surface area (Å²) in [7, 11) is 0. The number of halogens is 1. The van der Waals surface area contributed by atoms with Crippen molar-refractivity contribution >= 4 is 45.7 Å². The summed E-state index contributed by atoms with van der Waals surface area (Å²) in [6.07, 6.45) is 1.41. The third kappa shape index (κ3) is 1.95. The molecule has 0 unspecified atom stereocenters. The average molecular weight is 320 g/mol. The van der Waals surface area contributed by atoms with Gasteiger partial charge in [-0.05, 0) is 34.0 Å². The maximum atomic E-state index is 11.6. The molecule has 2 heterocycles. The van der Waals surface area contributed by atoms with Crippen LogP contribution in [0.25, 0.3) is 0 Å². The first-order valence-electron chi connectivity index (χ1n) is 3.72. The third-order valence-electron chi connectivity index (χ3n) is 1.50. The Balaban J connectivity index is 2.14. The molecule has 14 heavy (non-hydrogen) atoms. The Labute approximate surface area is 97.4 Å². The zero-order valence-electron chi connectivity index (χ0n) is 6.86. The van der Waals surface area contributed by atoms with E-state index in [2.05, 4.69) is 37.6 Å². The van der Waals surface area contributed by atoms with Gasteiger partial charge in [-0.25, -0.2) is 0 Å². The molecular formula is C8H5IN2O2S. The fraction of sp³-hybridized carbons (Fsp3) is 0. The Morgan fingerprint density at radius 2 is 2.43 bits per heavy atom. The molecule has 72 valence electrons. The number of anilines is 1. The highest BCUT2D eigenvalue weighted by atomic mass is 127. The van der Waals surface area contributed by atoms with Crippen LogP contribution in [0, 0.1) is 3.57 Å². The van der Waals surface area contributed by atoms with Crippen LogP contribution in [0.1, 0.15) is 9.67 Å². The van der Waals surface area contributed by atoms with Gasteiger partial charge < -0.3 is 9.84 Å². The fourth-order valence-electron chi connectivity index (χ4n) is 0.906. The van der Waals surface area contributed by atoms with Gasteiger partial charge in [0.2, 0.25) is 0 Å². The Morgan fingerprint density at radius 1 is 1.57 bits per heavy atom. The van der Waals surface area contributed by atoms with E-state index in [4.69, 9.17) is 0 Å². The number of hydrogen-bond donors (Lipinski definition) is 1. The highest BCUT2D eigenvalue weighted by Gasteiger charge is 2.12. The normalized spacial score (nSPS) is 10.1. The second-order valence-electron chi connectivity index (χ2n) is 2.44. The number of nitrogens with one attached hydrogen (secondary N) is 1. The highest BCUT2D eigenvalue weighted by molar-refractivity contribution is 14.1. The molecule has 0 bridgehead atoms. The van der Waals surface area contributed by atoms with E-state index in [0.717, 1.165) is 3.57 Å². The van der Waals surface area contributed by atoms with Crippen molar-refractivity contribution < 1.29 is 9.32 Å².